The number of benzene rings is 1. The summed E-state index contributed by atoms with van der Waals surface area (Å²) in [5.41, 5.74) is 2.84. The molecule has 120 valence electrons. The van der Waals surface area contributed by atoms with Crippen LogP contribution in [0.25, 0.3) is 0 Å². The number of halogens is 1. The van der Waals surface area contributed by atoms with Crippen molar-refractivity contribution in [1.82, 2.24) is 10.3 Å². The Morgan fingerprint density at radius 2 is 1.96 bits per heavy atom. The lowest BCUT2D eigenvalue weighted by atomic mass is 9.97. The molecule has 0 radical (unpaired) electrons. The second-order valence-electron chi connectivity index (χ2n) is 6.18. The Morgan fingerprint density at radius 3 is 2.61 bits per heavy atom. The Balaban J connectivity index is 1.54. The number of Topliss-reactive ketones (excluding diaryl/α,β-unsaturated/α-hetero) is 1. The first-order chi connectivity index (χ1) is 11.2. The predicted molar refractivity (Wildman–Crippen MR) is 93.0 cm³/mol. The third-order valence-electron chi connectivity index (χ3n) is 4.40. The molecule has 0 amide bonds. The first-order valence-corrected chi connectivity index (χ1v) is 8.52. The number of pyridine rings is 1. The fourth-order valence-electron chi connectivity index (χ4n) is 2.97. The van der Waals surface area contributed by atoms with E-state index < -0.39 is 0 Å². The maximum atomic E-state index is 12.2. The SMILES string of the molecule is O=C(Cc1ccc(CCC2CCNC2)cc1)c1ccc(Cl)cn1. The van der Waals surface area contributed by atoms with Crippen molar-refractivity contribution >= 4 is 17.4 Å². The minimum absolute atomic E-state index is 0.0199. The van der Waals surface area contributed by atoms with Crippen LogP contribution < -0.4 is 5.32 Å². The molecule has 4 heteroatoms. The minimum Gasteiger partial charge on any atom is -0.316 e. The van der Waals surface area contributed by atoms with Crippen LogP contribution in [0, 0.1) is 5.92 Å². The highest BCUT2D eigenvalue weighted by Crippen LogP contribution is 2.17. The lowest BCUT2D eigenvalue weighted by Crippen LogP contribution is -2.09. The van der Waals surface area contributed by atoms with Crippen LogP contribution in [0.4, 0.5) is 0 Å². The standard InChI is InChI=1S/C19H21ClN2O/c20-17-7-8-18(22-13-17)19(23)11-15-4-1-14(2-5-15)3-6-16-9-10-21-12-16/h1-2,4-5,7-8,13,16,21H,3,6,9-12H2. The van der Waals surface area contributed by atoms with Crippen molar-refractivity contribution in [3.8, 4) is 0 Å². The molecule has 0 aliphatic carbocycles. The summed E-state index contributed by atoms with van der Waals surface area (Å²) in [6.45, 7) is 2.31. The Hall–Kier alpha value is -1.71. The molecule has 1 N–H and O–H groups in total. The summed E-state index contributed by atoms with van der Waals surface area (Å²) in [7, 11) is 0. The Kier molecular flexibility index (Phi) is 5.42. The summed E-state index contributed by atoms with van der Waals surface area (Å²) in [5.74, 6) is 0.832. The van der Waals surface area contributed by atoms with Crippen molar-refractivity contribution in [3.05, 3.63) is 64.4 Å². The predicted octanol–water partition coefficient (Wildman–Crippen LogP) is 3.70. The number of aromatic nitrogens is 1. The van der Waals surface area contributed by atoms with Gasteiger partial charge in [-0.15, -0.1) is 0 Å². The second-order valence-corrected chi connectivity index (χ2v) is 6.61. The topological polar surface area (TPSA) is 42.0 Å². The molecule has 0 spiro atoms. The van der Waals surface area contributed by atoms with E-state index in [1.807, 2.05) is 0 Å². The zero-order chi connectivity index (χ0) is 16.1. The highest BCUT2D eigenvalue weighted by Gasteiger charge is 2.14. The minimum atomic E-state index is 0.0199. The van der Waals surface area contributed by atoms with Gasteiger partial charge in [0.2, 0.25) is 0 Å². The summed E-state index contributed by atoms with van der Waals surface area (Å²) in [6, 6.07) is 11.8. The van der Waals surface area contributed by atoms with Gasteiger partial charge in [-0.25, -0.2) is 0 Å². The maximum Gasteiger partial charge on any atom is 0.185 e. The molecule has 23 heavy (non-hydrogen) atoms. The highest BCUT2D eigenvalue weighted by atomic mass is 35.5. The fraction of sp³-hybridized carbons (Fsp3) is 0.368. The van der Waals surface area contributed by atoms with Crippen molar-refractivity contribution in [1.29, 1.82) is 0 Å². The molecule has 1 unspecified atom stereocenters. The third kappa shape index (κ3) is 4.63. The van der Waals surface area contributed by atoms with E-state index in [0.717, 1.165) is 31.0 Å². The Bertz CT molecular complexity index is 646. The number of hydrogen-bond donors (Lipinski definition) is 1. The zero-order valence-electron chi connectivity index (χ0n) is 13.1. The summed E-state index contributed by atoms with van der Waals surface area (Å²) in [6.07, 6.45) is 5.52. The van der Waals surface area contributed by atoms with Crippen molar-refractivity contribution in [2.75, 3.05) is 13.1 Å². The first-order valence-electron chi connectivity index (χ1n) is 8.14. The van der Waals surface area contributed by atoms with Gasteiger partial charge in [0, 0.05) is 12.6 Å². The fourth-order valence-corrected chi connectivity index (χ4v) is 3.08. The zero-order valence-corrected chi connectivity index (χ0v) is 13.9. The molecule has 0 saturated carbocycles. The Labute approximate surface area is 142 Å². The van der Waals surface area contributed by atoms with Crippen molar-refractivity contribution in [3.63, 3.8) is 0 Å². The van der Waals surface area contributed by atoms with Crippen LogP contribution in [0.15, 0.2) is 42.6 Å². The average molecular weight is 329 g/mol. The highest BCUT2D eigenvalue weighted by molar-refractivity contribution is 6.30. The van der Waals surface area contributed by atoms with Crippen LogP contribution in [0.1, 0.15) is 34.5 Å². The van der Waals surface area contributed by atoms with E-state index >= 15 is 0 Å². The summed E-state index contributed by atoms with van der Waals surface area (Å²) in [5, 5.41) is 3.95. The molecule has 1 aromatic carbocycles. The van der Waals surface area contributed by atoms with Gasteiger partial charge >= 0.3 is 0 Å². The van der Waals surface area contributed by atoms with Crippen LogP contribution in [0.3, 0.4) is 0 Å². The smallest absolute Gasteiger partial charge is 0.185 e. The lowest BCUT2D eigenvalue weighted by molar-refractivity contribution is 0.0988. The van der Waals surface area contributed by atoms with E-state index in [9.17, 15) is 4.79 Å². The van der Waals surface area contributed by atoms with Crippen molar-refractivity contribution in [2.24, 2.45) is 5.92 Å². The van der Waals surface area contributed by atoms with E-state index in [-0.39, 0.29) is 5.78 Å². The van der Waals surface area contributed by atoms with E-state index in [1.165, 1.54) is 24.6 Å². The number of aryl methyl sites for hydroxylation is 1. The largest absolute Gasteiger partial charge is 0.316 e. The number of carbonyl (C=O) groups excluding carboxylic acids is 1. The number of rotatable bonds is 6. The number of ketones is 1. The molecule has 1 saturated heterocycles. The van der Waals surface area contributed by atoms with Crippen molar-refractivity contribution in [2.45, 2.75) is 25.7 Å². The molecular weight excluding hydrogens is 308 g/mol. The maximum absolute atomic E-state index is 12.2. The van der Waals surface area contributed by atoms with Gasteiger partial charge in [0.1, 0.15) is 5.69 Å². The number of hydrogen-bond acceptors (Lipinski definition) is 3. The molecule has 0 bridgehead atoms. The normalized spacial score (nSPS) is 17.3. The molecule has 1 aliphatic heterocycles. The molecule has 1 atom stereocenters. The summed E-state index contributed by atoms with van der Waals surface area (Å²) >= 11 is 5.79. The monoisotopic (exact) mass is 328 g/mol. The van der Waals surface area contributed by atoms with Gasteiger partial charge in [0.05, 0.1) is 5.02 Å². The van der Waals surface area contributed by atoms with Gasteiger partial charge in [-0.1, -0.05) is 35.9 Å². The van der Waals surface area contributed by atoms with Gasteiger partial charge in [0.25, 0.3) is 0 Å². The lowest BCUT2D eigenvalue weighted by Gasteiger charge is -2.08. The molecule has 1 fully saturated rings. The van der Waals surface area contributed by atoms with Crippen LogP contribution in [0.5, 0.6) is 0 Å². The van der Waals surface area contributed by atoms with Gasteiger partial charge in [-0.05, 0) is 61.5 Å². The van der Waals surface area contributed by atoms with Crippen LogP contribution in [0.2, 0.25) is 5.02 Å². The van der Waals surface area contributed by atoms with Crippen LogP contribution in [-0.2, 0) is 12.8 Å². The summed E-state index contributed by atoms with van der Waals surface area (Å²) in [4.78, 5) is 16.3. The first kappa shape index (κ1) is 16.2. The number of nitrogens with zero attached hydrogens (tertiary/aromatic N) is 1. The van der Waals surface area contributed by atoms with Gasteiger partial charge in [0.15, 0.2) is 5.78 Å². The van der Waals surface area contributed by atoms with E-state index in [4.69, 9.17) is 11.6 Å². The van der Waals surface area contributed by atoms with Crippen LogP contribution in [-0.4, -0.2) is 23.9 Å². The van der Waals surface area contributed by atoms with E-state index in [1.54, 1.807) is 12.1 Å². The van der Waals surface area contributed by atoms with Crippen LogP contribution >= 0.6 is 11.6 Å². The Morgan fingerprint density at radius 1 is 1.17 bits per heavy atom. The molecule has 1 aliphatic rings. The summed E-state index contributed by atoms with van der Waals surface area (Å²) < 4.78 is 0. The van der Waals surface area contributed by atoms with E-state index in [0.29, 0.717) is 17.1 Å². The number of nitrogens with one attached hydrogen (secondary N) is 1. The average Bonchev–Trinajstić information content (AvgIpc) is 3.08. The van der Waals surface area contributed by atoms with Gasteiger partial charge in [-0.2, -0.15) is 0 Å². The third-order valence-corrected chi connectivity index (χ3v) is 4.63. The molecule has 3 rings (SSSR count). The molecule has 2 heterocycles. The van der Waals surface area contributed by atoms with E-state index in [2.05, 4.69) is 34.6 Å². The van der Waals surface area contributed by atoms with Gasteiger partial charge in [-0.3, -0.25) is 9.78 Å². The molecule has 3 nitrogen and oxygen atoms in total. The second kappa shape index (κ2) is 7.71. The molecular formula is C19H21ClN2O. The van der Waals surface area contributed by atoms with Crippen molar-refractivity contribution < 1.29 is 4.79 Å². The molecule has 1 aromatic heterocycles. The molecule has 2 aromatic rings. The van der Waals surface area contributed by atoms with Gasteiger partial charge < -0.3 is 5.32 Å². The number of carbonyl (C=O) groups is 1. The quantitative estimate of drug-likeness (QED) is 0.822.